The molecule has 0 amide bonds. The summed E-state index contributed by atoms with van der Waals surface area (Å²) in [4.78, 5) is 19.4. The van der Waals surface area contributed by atoms with Crippen LogP contribution in [0.25, 0.3) is 0 Å². The van der Waals surface area contributed by atoms with E-state index in [2.05, 4.69) is 10.3 Å². The van der Waals surface area contributed by atoms with E-state index in [4.69, 9.17) is 37.9 Å². The second-order valence-electron chi connectivity index (χ2n) is 21.9. The molecule has 3 fully saturated rings. The SMILES string of the molecule is CC[C@H]1OC(=O)[C@H](C)[C@@H](O[C@H]2C[C@@](C)(OC)[C@@H](O)[C@H](C)O2)C[C@@H](O[C@@H]2O[C@H](C)C[C@H](N(C)CCc3cn([C@H](CF)[C@H](OC)c4ccc(SCCOC)cc4)nn3)[C@H]2O)[C@](C)(O)C[C@@H](C)CN(C)[C@H](C)[C@@H](O)[C@]1(C)O. The van der Waals surface area contributed by atoms with Gasteiger partial charge < -0.3 is 73.2 Å². The zero-order chi connectivity index (χ0) is 54.9. The summed E-state index contributed by atoms with van der Waals surface area (Å²) in [6.45, 7) is 16.3. The van der Waals surface area contributed by atoms with E-state index in [1.807, 2.05) is 62.0 Å². The number of hydrogen-bond acceptors (Lipinski definition) is 19. The number of alkyl halides is 1. The fourth-order valence-corrected chi connectivity index (χ4v) is 11.7. The Bertz CT molecular complexity index is 2010. The predicted octanol–water partition coefficient (Wildman–Crippen LogP) is 4.50. The summed E-state index contributed by atoms with van der Waals surface area (Å²) in [5.41, 5.74) is -3.11. The van der Waals surface area contributed by atoms with Gasteiger partial charge in [-0.2, -0.15) is 0 Å². The average molecular weight is 1070 g/mol. The third-order valence-electron chi connectivity index (χ3n) is 15.9. The molecule has 2 aromatic rings. The molecule has 19 nitrogen and oxygen atoms in total. The van der Waals surface area contributed by atoms with Crippen LogP contribution < -0.4 is 0 Å². The topological polar surface area (TPSA) is 229 Å². The number of thioether (sulfide) groups is 1. The molecule has 74 heavy (non-hydrogen) atoms. The number of rotatable bonds is 19. The van der Waals surface area contributed by atoms with E-state index in [-0.39, 0.29) is 31.6 Å². The molecule has 3 saturated heterocycles. The van der Waals surface area contributed by atoms with Crippen LogP contribution in [0, 0.1) is 11.8 Å². The molecular formula is C53H90FN5O14S. The van der Waals surface area contributed by atoms with Crippen LogP contribution in [0.1, 0.15) is 118 Å². The summed E-state index contributed by atoms with van der Waals surface area (Å²) in [5.74, 6) is -1.18. The van der Waals surface area contributed by atoms with Crippen molar-refractivity contribution in [2.45, 2.75) is 208 Å². The van der Waals surface area contributed by atoms with Gasteiger partial charge >= 0.3 is 5.97 Å². The van der Waals surface area contributed by atoms with E-state index in [9.17, 15) is 34.7 Å². The van der Waals surface area contributed by atoms with Gasteiger partial charge in [-0.05, 0) is 105 Å². The number of cyclic esters (lactones) is 1. The third-order valence-corrected chi connectivity index (χ3v) is 16.9. The summed E-state index contributed by atoms with van der Waals surface area (Å²) in [5, 5.41) is 68.2. The molecule has 0 bridgehead atoms. The molecule has 0 aliphatic carbocycles. The van der Waals surface area contributed by atoms with Crippen molar-refractivity contribution in [2.24, 2.45) is 11.8 Å². The average Bonchev–Trinajstić information content (AvgIpc) is 3.83. The summed E-state index contributed by atoms with van der Waals surface area (Å²) in [6.07, 6.45) is -7.84. The number of benzene rings is 1. The number of nitrogens with zero attached hydrogens (tertiary/aromatic N) is 5. The molecule has 21 heteroatoms. The molecule has 0 unspecified atom stereocenters. The highest BCUT2D eigenvalue weighted by molar-refractivity contribution is 7.99. The molecule has 0 saturated carbocycles. The monoisotopic (exact) mass is 1070 g/mol. The second kappa shape index (κ2) is 27.4. The Morgan fingerprint density at radius 2 is 1.66 bits per heavy atom. The Hall–Kier alpha value is -2.45. The predicted molar refractivity (Wildman–Crippen MR) is 276 cm³/mol. The van der Waals surface area contributed by atoms with E-state index in [0.717, 1.165) is 16.2 Å². The number of aliphatic hydroxyl groups is 5. The van der Waals surface area contributed by atoms with Crippen molar-refractivity contribution >= 4 is 17.7 Å². The Morgan fingerprint density at radius 1 is 0.973 bits per heavy atom. The summed E-state index contributed by atoms with van der Waals surface area (Å²) < 4.78 is 65.3. The number of hydrogen-bond donors (Lipinski definition) is 5. The Morgan fingerprint density at radius 3 is 2.28 bits per heavy atom. The zero-order valence-corrected chi connectivity index (χ0v) is 47.2. The van der Waals surface area contributed by atoms with Crippen LogP contribution in [0.15, 0.2) is 35.4 Å². The fraction of sp³-hybridized carbons (Fsp3) is 0.830. The Balaban J connectivity index is 1.39. The molecule has 0 spiro atoms. The van der Waals surface area contributed by atoms with Crippen LogP contribution in [-0.4, -0.2) is 214 Å². The summed E-state index contributed by atoms with van der Waals surface area (Å²) in [7, 11) is 8.42. The van der Waals surface area contributed by atoms with Gasteiger partial charge in [0.2, 0.25) is 0 Å². The first-order chi connectivity index (χ1) is 34.8. The van der Waals surface area contributed by atoms with Gasteiger partial charge in [0.1, 0.15) is 48.8 Å². The maximum Gasteiger partial charge on any atom is 0.311 e. The molecule has 5 N–H and O–H groups in total. The fourth-order valence-electron chi connectivity index (χ4n) is 10.9. The first kappa shape index (κ1) is 62.4. The van der Waals surface area contributed by atoms with Gasteiger partial charge in [0.05, 0.1) is 53.8 Å². The third kappa shape index (κ3) is 15.4. The van der Waals surface area contributed by atoms with Gasteiger partial charge in [-0.25, -0.2) is 9.07 Å². The number of carbonyl (C=O) groups excluding carboxylic acids is 1. The first-order valence-corrected chi connectivity index (χ1v) is 27.3. The molecule has 19 atom stereocenters. The molecule has 3 aliphatic rings. The van der Waals surface area contributed by atoms with Crippen molar-refractivity contribution in [1.82, 2.24) is 24.8 Å². The lowest BCUT2D eigenvalue weighted by atomic mass is 9.83. The Labute approximate surface area is 443 Å². The number of methoxy groups -OCH3 is 3. The quantitative estimate of drug-likeness (QED) is 0.0741. The van der Waals surface area contributed by atoms with E-state index < -0.39 is 121 Å². The smallest absolute Gasteiger partial charge is 0.311 e. The van der Waals surface area contributed by atoms with Crippen molar-refractivity contribution in [1.29, 1.82) is 0 Å². The lowest BCUT2D eigenvalue weighted by Gasteiger charge is -2.47. The van der Waals surface area contributed by atoms with Gasteiger partial charge in [0.25, 0.3) is 0 Å². The number of esters is 1. The molecule has 0 radical (unpaired) electrons. The lowest BCUT2D eigenvalue weighted by molar-refractivity contribution is -0.308. The first-order valence-electron chi connectivity index (χ1n) is 26.3. The minimum absolute atomic E-state index is 0.0927. The van der Waals surface area contributed by atoms with Gasteiger partial charge in [-0.1, -0.05) is 31.2 Å². The number of halogens is 1. The number of aromatic nitrogens is 3. The van der Waals surface area contributed by atoms with Gasteiger partial charge in [-0.15, -0.1) is 16.9 Å². The van der Waals surface area contributed by atoms with E-state index >= 15 is 0 Å². The lowest BCUT2D eigenvalue weighted by Crippen LogP contribution is -2.59. The van der Waals surface area contributed by atoms with E-state index in [0.29, 0.717) is 38.2 Å². The number of carbonyl (C=O) groups is 1. The standard InChI is InChI=1S/C53H90FN5O14S/c1-15-42-53(9,65)47(61)34(5)58(11)29-31(2)26-51(7,64)43(25-41(33(4)49(63)72-42)71-44-27-52(8,68-14)48(62)35(6)70-44)73-50-45(60)39(24-32(3)69-50)57(10)21-20-37-30-59(56-55-37)40(28-54)46(67-13)36-16-18-38(19-17-36)74-23-22-66-12/h16-19,30-35,39-48,50,60-62,64-65H,15,20-29H2,1-14H3/t31-,32-,33-,34-,35+,39+,40-,41+,42-,43-,44+,45-,46-,47-,48+,50+,51-,52-,53-/m1/s1. The molecule has 424 valence electrons. The van der Waals surface area contributed by atoms with Crippen LogP contribution >= 0.6 is 11.8 Å². The van der Waals surface area contributed by atoms with Crippen molar-refractivity contribution < 1.29 is 72.6 Å². The molecule has 3 aliphatic heterocycles. The zero-order valence-electron chi connectivity index (χ0n) is 46.3. The number of likely N-dealkylation sites (N-methyl/N-ethyl adjacent to an activating group) is 2. The highest BCUT2D eigenvalue weighted by Gasteiger charge is 2.51. The maximum atomic E-state index is 14.8. The van der Waals surface area contributed by atoms with Crippen LogP contribution in [-0.2, 0) is 49.1 Å². The molecule has 1 aromatic heterocycles. The van der Waals surface area contributed by atoms with Crippen LogP contribution in [0.5, 0.6) is 0 Å². The van der Waals surface area contributed by atoms with Crippen LogP contribution in [0.4, 0.5) is 4.39 Å². The van der Waals surface area contributed by atoms with Gasteiger partial charge in [0.15, 0.2) is 12.6 Å². The highest BCUT2D eigenvalue weighted by Crippen LogP contribution is 2.39. The minimum atomic E-state index is -1.84. The minimum Gasteiger partial charge on any atom is -0.459 e. The van der Waals surface area contributed by atoms with Crippen molar-refractivity contribution in [3.05, 3.63) is 41.7 Å². The van der Waals surface area contributed by atoms with Gasteiger partial charge in [0, 0.05) is 82.6 Å². The second-order valence-corrected chi connectivity index (χ2v) is 23.1. The Kier molecular flexibility index (Phi) is 23.1. The maximum absolute atomic E-state index is 14.8. The van der Waals surface area contributed by atoms with Crippen LogP contribution in [0.2, 0.25) is 0 Å². The molecule has 1 aromatic carbocycles. The molecule has 5 rings (SSSR count). The molecule has 4 heterocycles. The van der Waals surface area contributed by atoms with E-state index in [1.165, 1.54) is 18.7 Å². The summed E-state index contributed by atoms with van der Waals surface area (Å²) >= 11 is 1.67. The van der Waals surface area contributed by atoms with Crippen molar-refractivity contribution in [3.8, 4) is 0 Å². The number of ether oxygens (including phenoxy) is 8. The van der Waals surface area contributed by atoms with Crippen molar-refractivity contribution in [2.75, 3.05) is 67.5 Å². The largest absolute Gasteiger partial charge is 0.459 e. The molecular weight excluding hydrogens is 982 g/mol. The van der Waals surface area contributed by atoms with Crippen LogP contribution in [0.3, 0.4) is 0 Å². The van der Waals surface area contributed by atoms with E-state index in [1.54, 1.807) is 73.7 Å². The van der Waals surface area contributed by atoms with Gasteiger partial charge in [-0.3, -0.25) is 4.79 Å². The highest BCUT2D eigenvalue weighted by atomic mass is 32.2. The van der Waals surface area contributed by atoms with Crippen molar-refractivity contribution in [3.63, 3.8) is 0 Å². The normalized spacial score (nSPS) is 38.3. The number of aliphatic hydroxyl groups excluding tert-OH is 3. The summed E-state index contributed by atoms with van der Waals surface area (Å²) in [6, 6.07) is 6.00.